The molecule has 0 saturated carbocycles. The second kappa shape index (κ2) is 17.1. The lowest BCUT2D eigenvalue weighted by atomic mass is 9.84. The Morgan fingerprint density at radius 3 is 1.40 bits per heavy atom. The van der Waals surface area contributed by atoms with E-state index in [1.54, 1.807) is 0 Å². The van der Waals surface area contributed by atoms with Crippen molar-refractivity contribution >= 4 is 55.9 Å². The van der Waals surface area contributed by atoms with Gasteiger partial charge in [0.05, 0.1) is 16.9 Å². The van der Waals surface area contributed by atoms with E-state index in [9.17, 15) is 0 Å². The number of rotatable bonds is 8. The maximum absolute atomic E-state index is 4.04. The molecule has 1 heterocycles. The Morgan fingerprint density at radius 1 is 0.328 bits per heavy atom. The fourth-order valence-electron chi connectivity index (χ4n) is 9.39. The summed E-state index contributed by atoms with van der Waals surface area (Å²) in [7, 11) is 0. The van der Waals surface area contributed by atoms with E-state index in [1.165, 1.54) is 49.7 Å². The lowest BCUT2D eigenvalue weighted by molar-refractivity contribution is 0.589. The van der Waals surface area contributed by atoms with Gasteiger partial charge in [-0.25, -0.2) is 0 Å². The number of aromatic nitrogens is 1. The monoisotopic (exact) mass is 878 g/mol. The molecule has 0 aliphatic rings. The second-order valence-corrected chi connectivity index (χ2v) is 22.5. The van der Waals surface area contributed by atoms with Crippen molar-refractivity contribution in [2.75, 3.05) is 9.80 Å². The Labute approximate surface area is 400 Å². The van der Waals surface area contributed by atoms with Gasteiger partial charge in [0.1, 0.15) is 0 Å². The maximum atomic E-state index is 4.04. The molecule has 0 fully saturated rings. The van der Waals surface area contributed by atoms with Crippen molar-refractivity contribution < 1.29 is 0 Å². The van der Waals surface area contributed by atoms with Crippen molar-refractivity contribution in [1.82, 2.24) is 4.98 Å². The minimum absolute atomic E-state index is 0.0375. The Morgan fingerprint density at radius 2 is 0.836 bits per heavy atom. The van der Waals surface area contributed by atoms with Crippen molar-refractivity contribution in [3.63, 3.8) is 0 Å². The number of benzene rings is 8. The van der Waals surface area contributed by atoms with Crippen LogP contribution in [0, 0.1) is 0 Å². The van der Waals surface area contributed by atoms with E-state index in [1.807, 2.05) is 0 Å². The fourth-order valence-corrected chi connectivity index (χ4v) is 9.39. The van der Waals surface area contributed by atoms with Gasteiger partial charge < -0.3 is 14.8 Å². The molecule has 9 aromatic rings. The summed E-state index contributed by atoms with van der Waals surface area (Å²) in [5, 5.41) is 2.41. The van der Waals surface area contributed by atoms with E-state index < -0.39 is 0 Å². The normalized spacial score (nSPS) is 12.5. The van der Waals surface area contributed by atoms with Crippen LogP contribution in [0.2, 0.25) is 0 Å². The minimum Gasteiger partial charge on any atom is -0.354 e. The van der Waals surface area contributed by atoms with Gasteiger partial charge in [-0.15, -0.1) is 0 Å². The first-order chi connectivity index (χ1) is 31.8. The Balaban J connectivity index is 1.33. The standard InChI is InChI=1S/C64H67N3/c1-61(2,3)45-27-32-50(33-28-45)66(51-34-29-46(30-35-51)62(4,5)6)52-40-44(39-48(41-52)64(10,11)12)54-36-38-58(59-55-42-47(63(7,8)9)31-37-56(55)65-60(54)59)67(49-23-17-14-18-24-49)57-26-20-19-25-53(57)43-21-15-13-16-22-43/h13-42,65H,1-12H3. The third-order valence-corrected chi connectivity index (χ3v) is 13.4. The summed E-state index contributed by atoms with van der Waals surface area (Å²) in [4.78, 5) is 8.95. The number of hydrogen-bond donors (Lipinski definition) is 1. The van der Waals surface area contributed by atoms with E-state index in [0.29, 0.717) is 0 Å². The molecule has 1 N–H and O–H groups in total. The summed E-state index contributed by atoms with van der Waals surface area (Å²) in [6, 6.07) is 67.8. The molecule has 3 nitrogen and oxygen atoms in total. The summed E-state index contributed by atoms with van der Waals surface area (Å²) in [6.45, 7) is 27.6. The number of H-pyrrole nitrogens is 1. The van der Waals surface area contributed by atoms with Crippen LogP contribution < -0.4 is 9.80 Å². The average molecular weight is 878 g/mol. The molecule has 0 bridgehead atoms. The van der Waals surface area contributed by atoms with Crippen molar-refractivity contribution in [3.8, 4) is 22.3 Å². The molecule has 0 aliphatic carbocycles. The third-order valence-electron chi connectivity index (χ3n) is 13.4. The largest absolute Gasteiger partial charge is 0.354 e. The topological polar surface area (TPSA) is 22.3 Å². The molecular formula is C64H67N3. The van der Waals surface area contributed by atoms with Crippen LogP contribution in [0.25, 0.3) is 44.1 Å². The second-order valence-electron chi connectivity index (χ2n) is 22.5. The van der Waals surface area contributed by atoms with E-state index >= 15 is 0 Å². The van der Waals surface area contributed by atoms with E-state index in [0.717, 1.165) is 50.7 Å². The van der Waals surface area contributed by atoms with Gasteiger partial charge >= 0.3 is 0 Å². The van der Waals surface area contributed by atoms with E-state index in [2.05, 4.69) is 280 Å². The summed E-state index contributed by atoms with van der Waals surface area (Å²) in [5.41, 5.74) is 18.8. The zero-order chi connectivity index (χ0) is 47.5. The molecule has 1 aromatic heterocycles. The number of fused-ring (bicyclic) bond motifs is 3. The SMILES string of the molecule is CC(C)(C)c1ccc(N(c2ccc(C(C)(C)C)cc2)c2cc(-c3ccc(N(c4ccccc4)c4ccccc4-c4ccccc4)c4c3[nH]c3ccc(C(C)(C)C)cc34)cc(C(C)(C)C)c2)cc1. The lowest BCUT2D eigenvalue weighted by Crippen LogP contribution is -2.16. The van der Waals surface area contributed by atoms with Crippen LogP contribution in [-0.2, 0) is 21.7 Å². The van der Waals surface area contributed by atoms with E-state index in [-0.39, 0.29) is 21.7 Å². The van der Waals surface area contributed by atoms with Crippen LogP contribution in [0.3, 0.4) is 0 Å². The predicted octanol–water partition coefficient (Wildman–Crippen LogP) is 18.8. The number of hydrogen-bond acceptors (Lipinski definition) is 2. The van der Waals surface area contributed by atoms with Crippen molar-refractivity contribution in [2.24, 2.45) is 0 Å². The van der Waals surface area contributed by atoms with Gasteiger partial charge in [-0.3, -0.25) is 0 Å². The van der Waals surface area contributed by atoms with Gasteiger partial charge in [0, 0.05) is 50.2 Å². The predicted molar refractivity (Wildman–Crippen MR) is 291 cm³/mol. The molecule has 8 aromatic carbocycles. The first kappa shape index (κ1) is 45.3. The van der Waals surface area contributed by atoms with Crippen LogP contribution in [0.4, 0.5) is 34.1 Å². The van der Waals surface area contributed by atoms with Gasteiger partial charge in [-0.2, -0.15) is 0 Å². The summed E-state index contributed by atoms with van der Waals surface area (Å²) in [6.07, 6.45) is 0. The van der Waals surface area contributed by atoms with Gasteiger partial charge in [0.25, 0.3) is 0 Å². The van der Waals surface area contributed by atoms with Crippen molar-refractivity contribution in [2.45, 2.75) is 105 Å². The van der Waals surface area contributed by atoms with Crippen molar-refractivity contribution in [3.05, 3.63) is 204 Å². The van der Waals surface area contributed by atoms with Crippen LogP contribution in [0.1, 0.15) is 105 Å². The number of nitrogens with one attached hydrogen (secondary N) is 1. The molecule has 67 heavy (non-hydrogen) atoms. The zero-order valence-electron chi connectivity index (χ0n) is 41.7. The molecule has 3 heteroatoms. The molecular weight excluding hydrogens is 811 g/mol. The third kappa shape index (κ3) is 9.05. The lowest BCUT2D eigenvalue weighted by Gasteiger charge is -2.31. The summed E-state index contributed by atoms with van der Waals surface area (Å²) in [5.74, 6) is 0. The molecule has 0 spiro atoms. The quantitative estimate of drug-likeness (QED) is 0.164. The molecule has 0 aliphatic heterocycles. The Bertz CT molecular complexity index is 3120. The summed E-state index contributed by atoms with van der Waals surface area (Å²) >= 11 is 0. The fraction of sp³-hybridized carbons (Fsp3) is 0.250. The van der Waals surface area contributed by atoms with Gasteiger partial charge in [-0.05, 0) is 128 Å². The molecule has 0 amide bonds. The van der Waals surface area contributed by atoms with Crippen LogP contribution in [0.5, 0.6) is 0 Å². The highest BCUT2D eigenvalue weighted by Gasteiger charge is 2.27. The minimum atomic E-state index is -0.130. The molecule has 338 valence electrons. The van der Waals surface area contributed by atoms with Gasteiger partial charge in [-0.1, -0.05) is 192 Å². The average Bonchev–Trinajstić information content (AvgIpc) is 3.69. The maximum Gasteiger partial charge on any atom is 0.0565 e. The molecule has 0 saturated heterocycles. The van der Waals surface area contributed by atoms with Crippen molar-refractivity contribution in [1.29, 1.82) is 0 Å². The Hall–Kier alpha value is -6.84. The zero-order valence-corrected chi connectivity index (χ0v) is 41.7. The smallest absolute Gasteiger partial charge is 0.0565 e. The highest BCUT2D eigenvalue weighted by molar-refractivity contribution is 6.19. The molecule has 0 unspecified atom stereocenters. The van der Waals surface area contributed by atoms with Gasteiger partial charge in [0.15, 0.2) is 0 Å². The molecule has 0 radical (unpaired) electrons. The van der Waals surface area contributed by atoms with Crippen LogP contribution >= 0.6 is 0 Å². The molecule has 9 rings (SSSR count). The van der Waals surface area contributed by atoms with Crippen LogP contribution in [-0.4, -0.2) is 4.98 Å². The number of aromatic amines is 1. The number of nitrogens with zero attached hydrogens (tertiary/aromatic N) is 2. The highest BCUT2D eigenvalue weighted by Crippen LogP contribution is 2.49. The summed E-state index contributed by atoms with van der Waals surface area (Å²) < 4.78 is 0. The molecule has 0 atom stereocenters. The van der Waals surface area contributed by atoms with Gasteiger partial charge in [0.2, 0.25) is 0 Å². The highest BCUT2D eigenvalue weighted by atomic mass is 15.2. The first-order valence-corrected chi connectivity index (χ1v) is 24.0. The van der Waals surface area contributed by atoms with E-state index in [4.69, 9.17) is 0 Å². The first-order valence-electron chi connectivity index (χ1n) is 24.0. The van der Waals surface area contributed by atoms with Crippen LogP contribution in [0.15, 0.2) is 182 Å². The Kier molecular flexibility index (Phi) is 11.6. The number of anilines is 6. The number of para-hydroxylation sites is 2.